The number of nitrogens with zero attached hydrogens (tertiary/aromatic N) is 4. The van der Waals surface area contributed by atoms with Crippen LogP contribution in [0, 0.1) is 0 Å². The van der Waals surface area contributed by atoms with Crippen LogP contribution in [0.15, 0.2) is 36.5 Å². The Morgan fingerprint density at radius 3 is 2.65 bits per heavy atom. The Labute approximate surface area is 134 Å². The fourth-order valence-corrected chi connectivity index (χ4v) is 2.99. The second kappa shape index (κ2) is 5.31. The number of aromatic nitrogens is 4. The molecule has 0 amide bonds. The minimum absolute atomic E-state index is 0.0686. The maximum atomic E-state index is 6.20. The lowest BCUT2D eigenvalue weighted by Crippen LogP contribution is -2.48. The van der Waals surface area contributed by atoms with Crippen molar-refractivity contribution in [2.24, 2.45) is 5.73 Å². The van der Waals surface area contributed by atoms with Gasteiger partial charge >= 0.3 is 0 Å². The molecule has 3 aromatic rings. The summed E-state index contributed by atoms with van der Waals surface area (Å²) >= 11 is 0. The highest BCUT2D eigenvalue weighted by Crippen LogP contribution is 2.27. The number of benzene rings is 1. The molecule has 23 heavy (non-hydrogen) atoms. The molecule has 6 heteroatoms. The summed E-state index contributed by atoms with van der Waals surface area (Å²) < 4.78 is 0. The summed E-state index contributed by atoms with van der Waals surface area (Å²) in [5.74, 6) is 0.874. The Hall–Kier alpha value is -2.47. The third-order valence-electron chi connectivity index (χ3n) is 4.54. The van der Waals surface area contributed by atoms with Crippen LogP contribution in [0.2, 0.25) is 0 Å². The van der Waals surface area contributed by atoms with E-state index in [9.17, 15) is 0 Å². The van der Waals surface area contributed by atoms with Gasteiger partial charge in [-0.15, -0.1) is 0 Å². The molecular weight excluding hydrogens is 288 g/mol. The van der Waals surface area contributed by atoms with Crippen molar-refractivity contribution in [3.63, 3.8) is 0 Å². The minimum atomic E-state index is -0.0686. The Bertz CT molecular complexity index is 813. The van der Waals surface area contributed by atoms with Gasteiger partial charge in [-0.25, -0.2) is 9.97 Å². The summed E-state index contributed by atoms with van der Waals surface area (Å²) in [6, 6.07) is 10.1. The Balaban J connectivity index is 1.65. The van der Waals surface area contributed by atoms with E-state index in [1.807, 2.05) is 36.5 Å². The number of nitrogens with two attached hydrogens (primary N) is 1. The lowest BCUT2D eigenvalue weighted by Gasteiger charge is -2.37. The Kier molecular flexibility index (Phi) is 3.27. The maximum absolute atomic E-state index is 6.20. The first kappa shape index (κ1) is 14.1. The first-order valence-corrected chi connectivity index (χ1v) is 7.93. The largest absolute Gasteiger partial charge is 0.355 e. The predicted molar refractivity (Wildman–Crippen MR) is 91.2 cm³/mol. The number of aromatic amines is 1. The summed E-state index contributed by atoms with van der Waals surface area (Å²) in [7, 11) is 0. The monoisotopic (exact) mass is 308 g/mol. The van der Waals surface area contributed by atoms with Crippen molar-refractivity contribution in [2.45, 2.75) is 25.3 Å². The normalized spacial score (nSPS) is 17.6. The zero-order valence-electron chi connectivity index (χ0n) is 13.2. The van der Waals surface area contributed by atoms with Gasteiger partial charge in [-0.2, -0.15) is 5.10 Å². The van der Waals surface area contributed by atoms with Gasteiger partial charge in [-0.05, 0) is 19.8 Å². The molecule has 0 spiro atoms. The van der Waals surface area contributed by atoms with Crippen molar-refractivity contribution in [2.75, 3.05) is 18.0 Å². The highest BCUT2D eigenvalue weighted by atomic mass is 15.2. The molecule has 1 aliphatic rings. The van der Waals surface area contributed by atoms with Crippen molar-refractivity contribution >= 4 is 17.0 Å². The molecule has 1 saturated heterocycles. The Morgan fingerprint density at radius 1 is 1.17 bits per heavy atom. The third-order valence-corrected chi connectivity index (χ3v) is 4.54. The number of fused-ring (bicyclic) bond motifs is 1. The van der Waals surface area contributed by atoms with Gasteiger partial charge in [0.15, 0.2) is 0 Å². The van der Waals surface area contributed by atoms with E-state index < -0.39 is 0 Å². The molecule has 118 valence electrons. The van der Waals surface area contributed by atoms with Gasteiger partial charge in [-0.1, -0.05) is 30.3 Å². The van der Waals surface area contributed by atoms with Gasteiger partial charge in [0, 0.05) is 24.2 Å². The zero-order chi connectivity index (χ0) is 15.9. The molecule has 0 aliphatic carbocycles. The van der Waals surface area contributed by atoms with Crippen molar-refractivity contribution in [1.82, 2.24) is 20.2 Å². The van der Waals surface area contributed by atoms with Crippen LogP contribution in [0.4, 0.5) is 5.82 Å². The van der Waals surface area contributed by atoms with Crippen LogP contribution in [0.25, 0.3) is 22.4 Å². The first-order valence-electron chi connectivity index (χ1n) is 7.93. The van der Waals surface area contributed by atoms with E-state index >= 15 is 0 Å². The average molecular weight is 308 g/mol. The van der Waals surface area contributed by atoms with Crippen molar-refractivity contribution < 1.29 is 0 Å². The van der Waals surface area contributed by atoms with E-state index in [0.717, 1.165) is 48.5 Å². The van der Waals surface area contributed by atoms with Crippen LogP contribution in [-0.4, -0.2) is 38.8 Å². The summed E-state index contributed by atoms with van der Waals surface area (Å²) in [5.41, 5.74) is 9.56. The van der Waals surface area contributed by atoms with Crippen LogP contribution in [0.3, 0.4) is 0 Å². The van der Waals surface area contributed by atoms with Crippen LogP contribution < -0.4 is 10.6 Å². The van der Waals surface area contributed by atoms with Gasteiger partial charge in [-0.3, -0.25) is 5.10 Å². The van der Waals surface area contributed by atoms with Crippen LogP contribution >= 0.6 is 0 Å². The maximum Gasteiger partial charge on any atom is 0.202 e. The number of hydrogen-bond donors (Lipinski definition) is 2. The van der Waals surface area contributed by atoms with E-state index in [1.54, 1.807) is 0 Å². The molecular formula is C17H20N6. The first-order chi connectivity index (χ1) is 11.1. The summed E-state index contributed by atoms with van der Waals surface area (Å²) in [5, 5.41) is 7.39. The van der Waals surface area contributed by atoms with Crippen LogP contribution in [-0.2, 0) is 0 Å². The van der Waals surface area contributed by atoms with E-state index in [2.05, 4.69) is 32.0 Å². The summed E-state index contributed by atoms with van der Waals surface area (Å²) in [6.45, 7) is 3.92. The molecule has 0 saturated carbocycles. The number of nitrogens with one attached hydrogen (secondary N) is 1. The van der Waals surface area contributed by atoms with Crippen molar-refractivity contribution in [3.8, 4) is 11.3 Å². The number of anilines is 1. The smallest absolute Gasteiger partial charge is 0.202 e. The molecule has 1 aromatic carbocycles. The number of rotatable bonds is 2. The molecule has 1 aliphatic heterocycles. The molecule has 4 rings (SSSR count). The molecule has 0 unspecified atom stereocenters. The molecule has 1 fully saturated rings. The highest BCUT2D eigenvalue weighted by Gasteiger charge is 2.27. The van der Waals surface area contributed by atoms with E-state index in [1.165, 1.54) is 0 Å². The number of H-pyrrole nitrogens is 1. The molecule has 0 bridgehead atoms. The Morgan fingerprint density at radius 2 is 1.91 bits per heavy atom. The fourth-order valence-electron chi connectivity index (χ4n) is 2.99. The van der Waals surface area contributed by atoms with Crippen LogP contribution in [0.5, 0.6) is 0 Å². The minimum Gasteiger partial charge on any atom is -0.355 e. The second-order valence-electron chi connectivity index (χ2n) is 6.51. The molecule has 3 N–H and O–H groups in total. The fraction of sp³-hybridized carbons (Fsp3) is 0.353. The van der Waals surface area contributed by atoms with Crippen molar-refractivity contribution in [3.05, 3.63) is 36.5 Å². The summed E-state index contributed by atoms with van der Waals surface area (Å²) in [6.07, 6.45) is 3.76. The quantitative estimate of drug-likeness (QED) is 0.759. The third kappa shape index (κ3) is 2.66. The van der Waals surface area contributed by atoms with Gasteiger partial charge in [0.25, 0.3) is 0 Å². The average Bonchev–Trinajstić information content (AvgIpc) is 2.99. The predicted octanol–water partition coefficient (Wildman–Crippen LogP) is 2.34. The molecule has 0 radical (unpaired) electrons. The van der Waals surface area contributed by atoms with E-state index in [-0.39, 0.29) is 5.54 Å². The molecule has 2 aromatic heterocycles. The SMILES string of the molecule is CC1(N)CCN(c2cnc3c(-c4ccccc4)[nH]nc3n2)CC1. The van der Waals surface area contributed by atoms with Gasteiger partial charge in [0.05, 0.1) is 11.9 Å². The van der Waals surface area contributed by atoms with E-state index in [4.69, 9.17) is 5.73 Å². The highest BCUT2D eigenvalue weighted by molar-refractivity contribution is 5.87. The van der Waals surface area contributed by atoms with Crippen LogP contribution in [0.1, 0.15) is 19.8 Å². The van der Waals surface area contributed by atoms with Gasteiger partial charge in [0.1, 0.15) is 11.3 Å². The number of hydrogen-bond acceptors (Lipinski definition) is 5. The van der Waals surface area contributed by atoms with Crippen molar-refractivity contribution in [1.29, 1.82) is 0 Å². The molecule has 0 atom stereocenters. The zero-order valence-corrected chi connectivity index (χ0v) is 13.2. The topological polar surface area (TPSA) is 83.7 Å². The lowest BCUT2D eigenvalue weighted by atomic mass is 9.91. The second-order valence-corrected chi connectivity index (χ2v) is 6.51. The van der Waals surface area contributed by atoms with E-state index in [0.29, 0.717) is 5.65 Å². The standard InChI is InChI=1S/C17H20N6/c1-17(18)7-9-23(10-8-17)13-11-19-15-14(21-22-16(15)20-13)12-5-3-2-4-6-12/h2-6,11H,7-10,18H2,1H3,(H,20,21,22). The molecule has 3 heterocycles. The lowest BCUT2D eigenvalue weighted by molar-refractivity contribution is 0.363. The van der Waals surface area contributed by atoms with Gasteiger partial charge in [0.2, 0.25) is 5.65 Å². The summed E-state index contributed by atoms with van der Waals surface area (Å²) in [4.78, 5) is 11.5. The number of piperidine rings is 1. The van der Waals surface area contributed by atoms with Gasteiger partial charge < -0.3 is 10.6 Å². The molecule has 6 nitrogen and oxygen atoms in total.